The molecule has 3 atom stereocenters. The maximum Gasteiger partial charge on any atom is 0.308 e. The molecule has 20 heavy (non-hydrogen) atoms. The molecule has 0 aliphatic carbocycles. The molecular weight excluding hydrogens is 252 g/mol. The van der Waals surface area contributed by atoms with Gasteiger partial charge in [-0.05, 0) is 30.7 Å². The van der Waals surface area contributed by atoms with Crippen LogP contribution in [0, 0.1) is 17.8 Å². The molecule has 3 nitrogen and oxygen atoms in total. The van der Waals surface area contributed by atoms with Crippen molar-refractivity contribution in [3.05, 3.63) is 35.9 Å². The Kier molecular flexibility index (Phi) is 6.73. The third kappa shape index (κ3) is 5.33. The predicted molar refractivity (Wildman–Crippen MR) is 80.4 cm³/mol. The molecule has 0 spiro atoms. The number of carbonyl (C=O) groups is 1. The summed E-state index contributed by atoms with van der Waals surface area (Å²) in [5.41, 5.74) is 1.08. The average molecular weight is 278 g/mol. The van der Waals surface area contributed by atoms with E-state index in [1.54, 1.807) is 6.92 Å². The molecule has 1 rings (SSSR count). The lowest BCUT2D eigenvalue weighted by atomic mass is 9.87. The number of aliphatic carboxylic acids is 1. The summed E-state index contributed by atoms with van der Waals surface area (Å²) in [5, 5.41) is 9.25. The van der Waals surface area contributed by atoms with Gasteiger partial charge in [-0.2, -0.15) is 0 Å². The van der Waals surface area contributed by atoms with Crippen LogP contribution < -0.4 is 0 Å². The molecule has 0 aliphatic rings. The minimum Gasteiger partial charge on any atom is -0.481 e. The average Bonchev–Trinajstić information content (AvgIpc) is 2.39. The van der Waals surface area contributed by atoms with Crippen molar-refractivity contribution < 1.29 is 14.6 Å². The quantitative estimate of drug-likeness (QED) is 0.782. The van der Waals surface area contributed by atoms with E-state index in [1.165, 1.54) is 0 Å². The first-order chi connectivity index (χ1) is 9.41. The Morgan fingerprint density at radius 1 is 1.15 bits per heavy atom. The van der Waals surface area contributed by atoms with Crippen molar-refractivity contribution in [2.24, 2.45) is 17.8 Å². The van der Waals surface area contributed by atoms with Crippen molar-refractivity contribution in [3.63, 3.8) is 0 Å². The van der Waals surface area contributed by atoms with E-state index in [-0.39, 0.29) is 12.0 Å². The molecule has 0 radical (unpaired) electrons. The summed E-state index contributed by atoms with van der Waals surface area (Å²) in [7, 11) is 0. The van der Waals surface area contributed by atoms with Gasteiger partial charge >= 0.3 is 5.97 Å². The van der Waals surface area contributed by atoms with Gasteiger partial charge in [0, 0.05) is 0 Å². The molecule has 0 fully saturated rings. The number of carboxylic acid groups (broad SMARTS) is 1. The van der Waals surface area contributed by atoms with Crippen LogP contribution in [-0.4, -0.2) is 17.2 Å². The first kappa shape index (κ1) is 16.7. The van der Waals surface area contributed by atoms with Gasteiger partial charge in [-0.1, -0.05) is 51.1 Å². The Bertz CT molecular complexity index is 400. The third-order valence-electron chi connectivity index (χ3n) is 3.57. The smallest absolute Gasteiger partial charge is 0.308 e. The Morgan fingerprint density at radius 2 is 1.75 bits per heavy atom. The van der Waals surface area contributed by atoms with E-state index in [0.29, 0.717) is 12.5 Å². The largest absolute Gasteiger partial charge is 0.481 e. The van der Waals surface area contributed by atoms with Crippen LogP contribution in [-0.2, 0) is 16.1 Å². The van der Waals surface area contributed by atoms with Crippen LogP contribution in [0.1, 0.15) is 39.7 Å². The van der Waals surface area contributed by atoms with Crippen molar-refractivity contribution in [3.8, 4) is 0 Å². The second-order valence-corrected chi connectivity index (χ2v) is 5.99. The van der Waals surface area contributed by atoms with E-state index in [4.69, 9.17) is 4.74 Å². The first-order valence-electron chi connectivity index (χ1n) is 7.30. The number of benzene rings is 1. The van der Waals surface area contributed by atoms with Crippen molar-refractivity contribution in [1.82, 2.24) is 0 Å². The Morgan fingerprint density at radius 3 is 2.25 bits per heavy atom. The molecular formula is C17H26O3. The summed E-state index contributed by atoms with van der Waals surface area (Å²) in [4.78, 5) is 11.3. The van der Waals surface area contributed by atoms with E-state index in [2.05, 4.69) is 20.8 Å². The number of hydrogen-bond donors (Lipinski definition) is 1. The molecule has 1 N–H and O–H groups in total. The summed E-state index contributed by atoms with van der Waals surface area (Å²) < 4.78 is 5.93. The lowest BCUT2D eigenvalue weighted by Crippen LogP contribution is -2.34. The molecule has 1 aromatic carbocycles. The summed E-state index contributed by atoms with van der Waals surface area (Å²) >= 11 is 0. The Labute approximate surface area is 122 Å². The van der Waals surface area contributed by atoms with E-state index >= 15 is 0 Å². The number of rotatable bonds is 8. The molecule has 0 aromatic heterocycles. The van der Waals surface area contributed by atoms with Gasteiger partial charge in [-0.15, -0.1) is 0 Å². The van der Waals surface area contributed by atoms with Gasteiger partial charge in [-0.3, -0.25) is 4.79 Å². The third-order valence-corrected chi connectivity index (χ3v) is 3.57. The van der Waals surface area contributed by atoms with E-state index < -0.39 is 11.9 Å². The fraction of sp³-hybridized carbons (Fsp3) is 0.588. The molecule has 0 aliphatic heterocycles. The molecule has 3 heteroatoms. The number of ether oxygens (including phenoxy) is 1. The van der Waals surface area contributed by atoms with Crippen molar-refractivity contribution in [2.75, 3.05) is 0 Å². The highest BCUT2D eigenvalue weighted by atomic mass is 16.5. The predicted octanol–water partition coefficient (Wildman–Crippen LogP) is 3.97. The van der Waals surface area contributed by atoms with E-state index in [9.17, 15) is 9.90 Å². The van der Waals surface area contributed by atoms with Crippen LogP contribution >= 0.6 is 0 Å². The molecule has 0 amide bonds. The molecule has 0 unspecified atom stereocenters. The van der Waals surface area contributed by atoms with Crippen LogP contribution in [0.25, 0.3) is 0 Å². The van der Waals surface area contributed by atoms with Crippen LogP contribution in [0.2, 0.25) is 0 Å². The Hall–Kier alpha value is -1.35. The van der Waals surface area contributed by atoms with Crippen LogP contribution in [0.5, 0.6) is 0 Å². The first-order valence-corrected chi connectivity index (χ1v) is 7.30. The fourth-order valence-electron chi connectivity index (χ4n) is 2.59. The molecule has 0 saturated heterocycles. The summed E-state index contributed by atoms with van der Waals surface area (Å²) in [5.74, 6) is -0.523. The van der Waals surface area contributed by atoms with Gasteiger partial charge in [0.25, 0.3) is 0 Å². The van der Waals surface area contributed by atoms with Gasteiger partial charge < -0.3 is 9.84 Å². The second-order valence-electron chi connectivity index (χ2n) is 5.99. The van der Waals surface area contributed by atoms with E-state index in [0.717, 1.165) is 12.0 Å². The zero-order valence-electron chi connectivity index (χ0n) is 12.9. The molecule has 0 heterocycles. The molecule has 0 bridgehead atoms. The van der Waals surface area contributed by atoms with Crippen molar-refractivity contribution in [1.29, 1.82) is 0 Å². The lowest BCUT2D eigenvalue weighted by Gasteiger charge is -2.28. The lowest BCUT2D eigenvalue weighted by molar-refractivity contribution is -0.149. The molecule has 1 aromatic rings. The van der Waals surface area contributed by atoms with Crippen LogP contribution in [0.3, 0.4) is 0 Å². The minimum atomic E-state index is -0.793. The minimum absolute atomic E-state index is 0.227. The highest BCUT2D eigenvalue weighted by molar-refractivity contribution is 5.70. The Balaban J connectivity index is 2.69. The van der Waals surface area contributed by atoms with Gasteiger partial charge in [0.15, 0.2) is 0 Å². The monoisotopic (exact) mass is 278 g/mol. The van der Waals surface area contributed by atoms with E-state index in [1.807, 2.05) is 30.3 Å². The highest BCUT2D eigenvalue weighted by Gasteiger charge is 2.29. The zero-order valence-corrected chi connectivity index (χ0v) is 12.9. The normalized spacial score (nSPS) is 15.8. The fourth-order valence-corrected chi connectivity index (χ4v) is 2.59. The molecule has 0 saturated carbocycles. The second kappa shape index (κ2) is 8.05. The number of carboxylic acids is 1. The van der Waals surface area contributed by atoms with Crippen LogP contribution in [0.4, 0.5) is 0 Å². The van der Waals surface area contributed by atoms with Gasteiger partial charge in [-0.25, -0.2) is 0 Å². The topological polar surface area (TPSA) is 46.5 Å². The van der Waals surface area contributed by atoms with Gasteiger partial charge in [0.2, 0.25) is 0 Å². The van der Waals surface area contributed by atoms with Crippen molar-refractivity contribution in [2.45, 2.75) is 46.8 Å². The SMILES string of the molecule is CC(C)C[C@@H](C)[C@@H](OCc1ccccc1)[C@H](C)C(=O)O. The molecule has 112 valence electrons. The van der Waals surface area contributed by atoms with Crippen LogP contribution in [0.15, 0.2) is 30.3 Å². The number of hydrogen-bond acceptors (Lipinski definition) is 2. The van der Waals surface area contributed by atoms with Crippen molar-refractivity contribution >= 4 is 5.97 Å². The summed E-state index contributed by atoms with van der Waals surface area (Å²) in [6.07, 6.45) is 0.715. The summed E-state index contributed by atoms with van der Waals surface area (Å²) in [6.45, 7) is 8.57. The zero-order chi connectivity index (χ0) is 15.1. The van der Waals surface area contributed by atoms with Gasteiger partial charge in [0.05, 0.1) is 18.6 Å². The summed E-state index contributed by atoms with van der Waals surface area (Å²) in [6, 6.07) is 9.88. The standard InChI is InChI=1S/C17H26O3/c1-12(2)10-13(3)16(14(4)17(18)19)20-11-15-8-6-5-7-9-15/h5-9,12-14,16H,10-11H2,1-4H3,(H,18,19)/t13-,14+,16-/m1/s1. The highest BCUT2D eigenvalue weighted by Crippen LogP contribution is 2.24. The maximum atomic E-state index is 11.3. The van der Waals surface area contributed by atoms with Gasteiger partial charge in [0.1, 0.15) is 0 Å². The maximum absolute atomic E-state index is 11.3.